The van der Waals surface area contributed by atoms with Gasteiger partial charge in [-0.05, 0) is 89.4 Å². The minimum Gasteiger partial charge on any atom is -0.488 e. The number of hydrogen-bond donors (Lipinski definition) is 1. The fraction of sp³-hybridized carbons (Fsp3) is 0.422. The summed E-state index contributed by atoms with van der Waals surface area (Å²) in [6.07, 6.45) is 0.734. The van der Waals surface area contributed by atoms with E-state index in [1.807, 2.05) is 90.1 Å². The molecule has 1 aliphatic rings. The first-order chi connectivity index (χ1) is 26.4. The van der Waals surface area contributed by atoms with Crippen LogP contribution in [0.25, 0.3) is 22.2 Å². The molecule has 0 saturated carbocycles. The first kappa shape index (κ1) is 40.6. The zero-order chi connectivity index (χ0) is 40.4. The van der Waals surface area contributed by atoms with Crippen molar-refractivity contribution in [2.45, 2.75) is 109 Å². The molecule has 2 atom stereocenters. The van der Waals surface area contributed by atoms with Crippen LogP contribution in [0, 0.1) is 5.41 Å². The van der Waals surface area contributed by atoms with Crippen LogP contribution in [-0.4, -0.2) is 63.5 Å². The topological polar surface area (TPSA) is 116 Å². The highest BCUT2D eigenvalue weighted by molar-refractivity contribution is 8.00. The maximum absolute atomic E-state index is 14.0. The van der Waals surface area contributed by atoms with Crippen LogP contribution in [0.3, 0.4) is 0 Å². The number of benzene rings is 3. The number of thioether (sulfide) groups is 1. The second kappa shape index (κ2) is 16.2. The molecule has 56 heavy (non-hydrogen) atoms. The lowest BCUT2D eigenvalue weighted by atomic mass is 9.88. The smallest absolute Gasteiger partial charge is 0.415 e. The molecule has 296 valence electrons. The van der Waals surface area contributed by atoms with Crippen LogP contribution in [0.15, 0.2) is 83.8 Å². The Labute approximate surface area is 334 Å². The molecule has 3 aromatic carbocycles. The lowest BCUT2D eigenvalue weighted by Gasteiger charge is -2.34. The molecular formula is C45H54N4O6S. The highest BCUT2D eigenvalue weighted by Crippen LogP contribution is 2.43. The number of esters is 1. The van der Waals surface area contributed by atoms with Gasteiger partial charge in [-0.15, -0.1) is 22.0 Å². The molecule has 6 rings (SSSR count). The normalized spacial score (nSPS) is 15.0. The maximum atomic E-state index is 14.0. The molecule has 0 radical (unpaired) electrons. The molecule has 5 aromatic rings. The molecule has 3 heterocycles. The number of nitrogens with zero attached hydrogens (tertiary/aromatic N) is 3. The molecule has 11 heteroatoms. The lowest BCUT2D eigenvalue weighted by molar-refractivity contribution is -0.153. The standard InChI is InChI=1S/C45H54N4O6S/c1-11-53-41(50)45(8,9)27-35-40(56-44(5,6)7)32-26-31(20-21-34(32)46-35)54-38(24-28-16-18-29(19-17-28)33-22-23-39(52-10)48-47-33)37-25-30-14-12-13-15-36(30)49(37)42(51)55-43(2,3)4/h12-23,26,37-38,46H,11,24-25,27H2,1-10H3/t37-,38?/m0/s1. The monoisotopic (exact) mass is 778 g/mol. The number of carbonyl (C=O) groups is 2. The van der Waals surface area contributed by atoms with Gasteiger partial charge in [-0.3, -0.25) is 9.69 Å². The van der Waals surface area contributed by atoms with E-state index < -0.39 is 23.2 Å². The van der Waals surface area contributed by atoms with E-state index in [4.69, 9.17) is 18.9 Å². The van der Waals surface area contributed by atoms with Gasteiger partial charge >= 0.3 is 12.1 Å². The van der Waals surface area contributed by atoms with Crippen molar-refractivity contribution in [1.82, 2.24) is 15.2 Å². The van der Waals surface area contributed by atoms with Crippen molar-refractivity contribution in [3.05, 3.63) is 95.7 Å². The van der Waals surface area contributed by atoms with E-state index in [2.05, 4.69) is 60.2 Å². The lowest BCUT2D eigenvalue weighted by Crippen LogP contribution is -2.50. The number of H-pyrrole nitrogens is 1. The first-order valence-corrected chi connectivity index (χ1v) is 20.0. The number of rotatable bonds is 12. The predicted molar refractivity (Wildman–Crippen MR) is 223 cm³/mol. The number of methoxy groups -OCH3 is 1. The number of fused-ring (bicyclic) bond motifs is 2. The van der Waals surface area contributed by atoms with E-state index in [-0.39, 0.29) is 16.8 Å². The van der Waals surface area contributed by atoms with Crippen molar-refractivity contribution in [1.29, 1.82) is 0 Å². The van der Waals surface area contributed by atoms with Crippen LogP contribution in [0.5, 0.6) is 11.6 Å². The number of ether oxygens (including phenoxy) is 4. The Bertz CT molecular complexity index is 2170. The van der Waals surface area contributed by atoms with E-state index in [9.17, 15) is 9.59 Å². The van der Waals surface area contributed by atoms with Crippen LogP contribution in [0.4, 0.5) is 10.5 Å². The van der Waals surface area contributed by atoms with Crippen molar-refractivity contribution in [2.75, 3.05) is 18.6 Å². The highest BCUT2D eigenvalue weighted by Gasteiger charge is 2.42. The van der Waals surface area contributed by atoms with Crippen molar-refractivity contribution in [3.63, 3.8) is 0 Å². The van der Waals surface area contributed by atoms with Gasteiger partial charge in [-0.25, -0.2) is 4.79 Å². The number of amides is 1. The Hall–Kier alpha value is -5.03. The van der Waals surface area contributed by atoms with Gasteiger partial charge in [0.05, 0.1) is 36.6 Å². The number of anilines is 1. The zero-order valence-electron chi connectivity index (χ0n) is 34.2. The van der Waals surface area contributed by atoms with Gasteiger partial charge in [-0.1, -0.05) is 63.2 Å². The summed E-state index contributed by atoms with van der Waals surface area (Å²) in [4.78, 5) is 33.5. The summed E-state index contributed by atoms with van der Waals surface area (Å²) in [5.74, 6) is 0.907. The van der Waals surface area contributed by atoms with E-state index in [1.54, 1.807) is 29.8 Å². The Morgan fingerprint density at radius 2 is 1.66 bits per heavy atom. The van der Waals surface area contributed by atoms with Crippen LogP contribution in [-0.2, 0) is 33.5 Å². The largest absolute Gasteiger partial charge is 0.488 e. The third kappa shape index (κ3) is 9.49. The molecule has 1 aliphatic heterocycles. The van der Waals surface area contributed by atoms with E-state index >= 15 is 0 Å². The quantitative estimate of drug-likeness (QED) is 0.0976. The van der Waals surface area contributed by atoms with Crippen molar-refractivity contribution >= 4 is 40.4 Å². The summed E-state index contributed by atoms with van der Waals surface area (Å²) in [6.45, 7) is 18.2. The van der Waals surface area contributed by atoms with E-state index in [0.717, 1.165) is 49.6 Å². The Morgan fingerprint density at radius 1 is 0.929 bits per heavy atom. The van der Waals surface area contributed by atoms with Gasteiger partial charge < -0.3 is 23.9 Å². The summed E-state index contributed by atoms with van der Waals surface area (Å²) in [7, 11) is 1.57. The number of para-hydroxylation sites is 1. The first-order valence-electron chi connectivity index (χ1n) is 19.2. The van der Waals surface area contributed by atoms with Crippen molar-refractivity contribution in [2.24, 2.45) is 5.41 Å². The Balaban J connectivity index is 1.39. The minimum absolute atomic E-state index is 0.107. The highest BCUT2D eigenvalue weighted by atomic mass is 32.2. The van der Waals surface area contributed by atoms with Gasteiger partial charge in [0.1, 0.15) is 17.5 Å². The summed E-state index contributed by atoms with van der Waals surface area (Å²) in [5.41, 5.74) is 5.11. The van der Waals surface area contributed by atoms with Gasteiger partial charge in [0, 0.05) is 50.7 Å². The molecule has 0 fully saturated rings. The fourth-order valence-electron chi connectivity index (χ4n) is 6.98. The van der Waals surface area contributed by atoms with Crippen molar-refractivity contribution < 1.29 is 28.5 Å². The molecule has 0 saturated heterocycles. The minimum atomic E-state index is -0.730. The summed E-state index contributed by atoms with van der Waals surface area (Å²) >= 11 is 1.76. The zero-order valence-corrected chi connectivity index (χ0v) is 35.0. The van der Waals surface area contributed by atoms with Crippen LogP contribution in [0.1, 0.15) is 79.1 Å². The van der Waals surface area contributed by atoms with Gasteiger partial charge in [0.2, 0.25) is 5.88 Å². The van der Waals surface area contributed by atoms with E-state index in [1.165, 1.54) is 0 Å². The van der Waals surface area contributed by atoms with Gasteiger partial charge in [-0.2, -0.15) is 0 Å². The average Bonchev–Trinajstić information content (AvgIpc) is 3.68. The molecule has 1 unspecified atom stereocenters. The van der Waals surface area contributed by atoms with Gasteiger partial charge in [0.15, 0.2) is 0 Å². The molecule has 0 bridgehead atoms. The predicted octanol–water partition coefficient (Wildman–Crippen LogP) is 10.0. The van der Waals surface area contributed by atoms with Crippen molar-refractivity contribution in [3.8, 4) is 22.9 Å². The maximum Gasteiger partial charge on any atom is 0.415 e. The number of aromatic nitrogens is 3. The number of nitrogens with one attached hydrogen (secondary N) is 1. The summed E-state index contributed by atoms with van der Waals surface area (Å²) in [5, 5.41) is 9.46. The van der Waals surface area contributed by atoms with Gasteiger partial charge in [0.25, 0.3) is 0 Å². The number of carbonyl (C=O) groups excluding carboxylic acids is 2. The Kier molecular flexibility index (Phi) is 11.8. The summed E-state index contributed by atoms with van der Waals surface area (Å²) in [6, 6.07) is 25.6. The van der Waals surface area contributed by atoms with E-state index in [0.29, 0.717) is 37.5 Å². The number of hydrogen-bond acceptors (Lipinski definition) is 9. The van der Waals surface area contributed by atoms with Crippen LogP contribution >= 0.6 is 11.8 Å². The SMILES string of the molecule is CCOC(=O)C(C)(C)Cc1[nH]c2ccc(OC(Cc3ccc(-c4ccc(OC)nn4)cc3)[C@@H]3Cc4ccccc4N3C(=O)OC(C)(C)C)cc2c1SC(C)(C)C. The van der Waals surface area contributed by atoms with Crippen LogP contribution < -0.4 is 14.4 Å². The third-order valence-electron chi connectivity index (χ3n) is 9.50. The molecule has 2 aromatic heterocycles. The molecule has 1 N–H and O–H groups in total. The molecule has 0 spiro atoms. The molecule has 10 nitrogen and oxygen atoms in total. The van der Waals surface area contributed by atoms with Crippen LogP contribution in [0.2, 0.25) is 0 Å². The second-order valence-corrected chi connectivity index (χ2v) is 18.7. The Morgan fingerprint density at radius 3 is 2.30 bits per heavy atom. The molecule has 1 amide bonds. The third-order valence-corrected chi connectivity index (χ3v) is 10.8. The summed E-state index contributed by atoms with van der Waals surface area (Å²) < 4.78 is 23.6. The fourth-order valence-corrected chi connectivity index (χ4v) is 8.11. The molecular weight excluding hydrogens is 725 g/mol. The second-order valence-electron chi connectivity index (χ2n) is 16.9. The number of aromatic amines is 1. The molecule has 0 aliphatic carbocycles. The average molecular weight is 779 g/mol.